The summed E-state index contributed by atoms with van der Waals surface area (Å²) >= 11 is 0. The second-order valence-corrected chi connectivity index (χ2v) is 15.3. The third kappa shape index (κ3) is 6.44. The fourth-order valence-electron chi connectivity index (χ4n) is 8.21. The van der Waals surface area contributed by atoms with E-state index >= 15 is 0 Å². The predicted molar refractivity (Wildman–Crippen MR) is 203 cm³/mol. The highest BCUT2D eigenvalue weighted by Gasteiger charge is 2.62. The average molecular weight is 937 g/mol. The number of benzene rings is 4. The van der Waals surface area contributed by atoms with Crippen LogP contribution >= 0.6 is 0 Å². The first-order valence-electron chi connectivity index (χ1n) is 19.0. The van der Waals surface area contributed by atoms with Gasteiger partial charge in [-0.3, -0.25) is 4.79 Å². The predicted octanol–water partition coefficient (Wildman–Crippen LogP) is -0.422. The van der Waals surface area contributed by atoms with Crippen molar-refractivity contribution in [2.24, 2.45) is 0 Å². The van der Waals surface area contributed by atoms with Gasteiger partial charge in [0, 0.05) is 16.7 Å². The minimum absolute atomic E-state index is 0.338. The molecule has 0 radical (unpaired) electrons. The van der Waals surface area contributed by atoms with Crippen LogP contribution in [-0.2, 0) is 38.0 Å². The van der Waals surface area contributed by atoms with Crippen LogP contribution in [0.15, 0.2) is 42.0 Å². The summed E-state index contributed by atoms with van der Waals surface area (Å²) in [6.45, 7) is -1.22. The molecule has 7 atom stereocenters. The first-order valence-corrected chi connectivity index (χ1v) is 19.0. The van der Waals surface area contributed by atoms with E-state index in [2.05, 4.69) is 0 Å². The van der Waals surface area contributed by atoms with Crippen LogP contribution in [0.2, 0.25) is 0 Å². The first-order chi connectivity index (χ1) is 31.5. The van der Waals surface area contributed by atoms with E-state index in [9.17, 15) is 95.2 Å². The third-order valence-corrected chi connectivity index (χ3v) is 11.4. The second kappa shape index (κ2) is 14.8. The number of ether oxygens (including phenoxy) is 7. The zero-order valence-electron chi connectivity index (χ0n) is 32.8. The smallest absolute Gasteiger partial charge is 0.341 e. The van der Waals surface area contributed by atoms with Crippen molar-refractivity contribution in [3.63, 3.8) is 0 Å². The molecule has 1 saturated heterocycles. The zero-order chi connectivity index (χ0) is 48.5. The van der Waals surface area contributed by atoms with Crippen LogP contribution in [0.4, 0.5) is 0 Å². The fraction of sp³-hybridized carbons (Fsp3) is 0.220. The average Bonchev–Trinajstić information content (AvgIpc) is 3.68. The van der Waals surface area contributed by atoms with Crippen molar-refractivity contribution in [3.8, 4) is 80.1 Å². The molecule has 13 N–H and O–H groups in total. The third-order valence-electron chi connectivity index (χ3n) is 11.4. The van der Waals surface area contributed by atoms with E-state index in [4.69, 9.17) is 33.2 Å². The van der Waals surface area contributed by atoms with Crippen LogP contribution < -0.4 is 4.74 Å². The Morgan fingerprint density at radius 1 is 0.582 bits per heavy atom. The summed E-state index contributed by atoms with van der Waals surface area (Å²) in [5.74, 6) is -29.9. The van der Waals surface area contributed by atoms with Crippen molar-refractivity contribution in [3.05, 3.63) is 69.8 Å². The van der Waals surface area contributed by atoms with Gasteiger partial charge < -0.3 is 99.5 Å². The summed E-state index contributed by atoms with van der Waals surface area (Å²) in [6.07, 6.45) is -13.9. The Morgan fingerprint density at radius 2 is 1.10 bits per heavy atom. The van der Waals surface area contributed by atoms with Crippen molar-refractivity contribution in [1.29, 1.82) is 0 Å². The molecule has 2 bridgehead atoms. The van der Waals surface area contributed by atoms with Crippen LogP contribution in [0.5, 0.6) is 69.0 Å². The number of hydrogen-bond acceptors (Lipinski definition) is 26. The van der Waals surface area contributed by atoms with E-state index < -0.39 is 204 Å². The summed E-state index contributed by atoms with van der Waals surface area (Å²) in [6, 6.07) is 2.62. The molecular weight excluding hydrogens is 908 g/mol. The van der Waals surface area contributed by atoms with Gasteiger partial charge in [-0.15, -0.1) is 0 Å². The number of hydrogen-bond donors (Lipinski definition) is 13. The molecule has 1 aliphatic carbocycles. The zero-order valence-corrected chi connectivity index (χ0v) is 32.8. The quantitative estimate of drug-likeness (QED) is 0.0525. The number of aromatic hydroxyl groups is 11. The Balaban J connectivity index is 1.26. The van der Waals surface area contributed by atoms with Crippen LogP contribution in [-0.4, -0.2) is 151 Å². The monoisotopic (exact) mass is 936 g/mol. The van der Waals surface area contributed by atoms with Crippen LogP contribution in [0.25, 0.3) is 11.1 Å². The molecule has 0 spiro atoms. The van der Waals surface area contributed by atoms with Crippen LogP contribution in [0.1, 0.15) is 52.9 Å². The molecule has 4 aromatic rings. The molecule has 26 heteroatoms. The van der Waals surface area contributed by atoms with E-state index in [1.54, 1.807) is 0 Å². The molecule has 348 valence electrons. The molecule has 5 aliphatic rings. The number of ketones is 1. The van der Waals surface area contributed by atoms with Crippen LogP contribution in [0, 0.1) is 0 Å². The van der Waals surface area contributed by atoms with Crippen molar-refractivity contribution in [2.75, 3.05) is 6.61 Å². The lowest BCUT2D eigenvalue weighted by Crippen LogP contribution is -2.63. The van der Waals surface area contributed by atoms with E-state index in [0.29, 0.717) is 36.4 Å². The lowest BCUT2D eigenvalue weighted by atomic mass is 9.76. The first kappa shape index (κ1) is 43.4. The van der Waals surface area contributed by atoms with Crippen molar-refractivity contribution >= 4 is 35.6 Å². The van der Waals surface area contributed by atoms with Gasteiger partial charge in [0.15, 0.2) is 70.1 Å². The Hall–Kier alpha value is -8.88. The molecule has 26 nitrogen and oxygen atoms in total. The van der Waals surface area contributed by atoms with E-state index in [0.717, 1.165) is 0 Å². The van der Waals surface area contributed by atoms with Gasteiger partial charge in [0.1, 0.15) is 12.7 Å². The molecule has 67 heavy (non-hydrogen) atoms. The molecule has 4 aromatic carbocycles. The number of carbonyl (C=O) groups excluding carboxylic acids is 6. The molecule has 4 aliphatic heterocycles. The van der Waals surface area contributed by atoms with Gasteiger partial charge >= 0.3 is 29.8 Å². The summed E-state index contributed by atoms with van der Waals surface area (Å²) in [5.41, 5.74) is -7.25. The van der Waals surface area contributed by atoms with Gasteiger partial charge in [-0.2, -0.15) is 0 Å². The summed E-state index contributed by atoms with van der Waals surface area (Å²) < 4.78 is 39.5. The Kier molecular flexibility index (Phi) is 9.60. The van der Waals surface area contributed by atoms with Gasteiger partial charge in [0.2, 0.25) is 35.4 Å². The molecule has 1 fully saturated rings. The van der Waals surface area contributed by atoms with Crippen molar-refractivity contribution in [1.82, 2.24) is 0 Å². The number of carbonyl (C=O) groups is 6. The Labute approximate surface area is 368 Å². The normalized spacial score (nSPS) is 24.8. The molecule has 9 rings (SSSR count). The number of aliphatic hydroxyl groups is 2. The number of rotatable bonds is 2. The Morgan fingerprint density at radius 3 is 1.72 bits per heavy atom. The molecule has 0 unspecified atom stereocenters. The van der Waals surface area contributed by atoms with Gasteiger partial charge in [-0.05, 0) is 36.4 Å². The van der Waals surface area contributed by atoms with Crippen molar-refractivity contribution < 1.29 is 128 Å². The highest BCUT2D eigenvalue weighted by atomic mass is 16.7. The highest BCUT2D eigenvalue weighted by molar-refractivity contribution is 6.09. The van der Waals surface area contributed by atoms with Crippen molar-refractivity contribution in [2.45, 2.75) is 48.5 Å². The molecule has 0 aromatic heterocycles. The maximum Gasteiger partial charge on any atom is 0.341 e. The minimum Gasteiger partial charge on any atom is -0.504 e. The van der Waals surface area contributed by atoms with E-state index in [1.807, 2.05) is 0 Å². The van der Waals surface area contributed by atoms with Gasteiger partial charge in [0.25, 0.3) is 5.79 Å². The van der Waals surface area contributed by atoms with Crippen LogP contribution in [0.3, 0.4) is 0 Å². The highest BCUT2D eigenvalue weighted by Crippen LogP contribution is 2.57. The largest absolute Gasteiger partial charge is 0.504 e. The van der Waals surface area contributed by atoms with Gasteiger partial charge in [-0.1, -0.05) is 0 Å². The molecular formula is C41H28O26. The number of phenols is 11. The molecule has 0 saturated carbocycles. The van der Waals surface area contributed by atoms with E-state index in [1.165, 1.54) is 0 Å². The summed E-state index contributed by atoms with van der Waals surface area (Å²) in [7, 11) is 0. The number of cyclic esters (lactones) is 1. The lowest BCUT2D eigenvalue weighted by Gasteiger charge is -2.44. The number of fused-ring (bicyclic) bond motifs is 7. The second-order valence-electron chi connectivity index (χ2n) is 15.3. The standard InChI is InChI=1S/C41H28O26/c42-13-1-8(2-14(43)24(13)48)35(54)66-33-32-30-18(7-61-36(55)9-3-15(44)25(49)28(52)20(9)21-10(37(56)64-30)4-16(45)26(50)29(21)53)62-40(33)67-39(58)11-5-17(46)27(51)31-22(11)23-12(38(57)65-32)6-19(47)41(59,60)34(23)63-31/h1-6,18,23,30,32-34,40,42-46,48-53,59-60H,7H2/t18-,23-,30-,32+,33-,34+,40+/m1/s1. The fourth-order valence-corrected chi connectivity index (χ4v) is 8.21. The van der Waals surface area contributed by atoms with E-state index in [-0.39, 0.29) is 0 Å². The van der Waals surface area contributed by atoms with Gasteiger partial charge in [-0.25, -0.2) is 24.0 Å². The molecule has 4 heterocycles. The van der Waals surface area contributed by atoms with Gasteiger partial charge in [0.05, 0.1) is 33.7 Å². The molecule has 0 amide bonds. The SMILES string of the molecule is O=C1O[C@@H]2[C@@H](OC(=O)c3cc(O)c(O)c(O)c3)[C@H](OC(=O)c3cc(O)c(O)c4c3[C@H]3C1=CC(=O)C(O)(O)[C@H]3O4)O[C@@H]1COC(=O)c3cc(O)c(O)c(O)c3-c3c(cc(O)c(O)c3O)C(=O)O[C@@H]21. The lowest BCUT2D eigenvalue weighted by molar-refractivity contribution is -0.286. The number of esters is 5. The Bertz CT molecular complexity index is 2960. The number of phenolic OH excluding ortho intramolecular Hbond substituents is 11. The summed E-state index contributed by atoms with van der Waals surface area (Å²) in [4.78, 5) is 84.4. The minimum atomic E-state index is -3.52. The summed E-state index contributed by atoms with van der Waals surface area (Å²) in [5, 5.41) is 138. The maximum absolute atomic E-state index is 14.6. The topological polar surface area (TPSA) is 430 Å². The maximum atomic E-state index is 14.6.